The lowest BCUT2D eigenvalue weighted by Crippen LogP contribution is -2.50. The minimum absolute atomic E-state index is 0.0106. The van der Waals surface area contributed by atoms with Gasteiger partial charge in [0.25, 0.3) is 0 Å². The first kappa shape index (κ1) is 17.4. The van der Waals surface area contributed by atoms with Gasteiger partial charge >= 0.3 is 12.0 Å². The van der Waals surface area contributed by atoms with E-state index in [1.807, 2.05) is 11.4 Å². The van der Waals surface area contributed by atoms with Crippen LogP contribution in [0.4, 0.5) is 4.79 Å². The number of esters is 1. The highest BCUT2D eigenvalue weighted by atomic mass is 79.9. The molecule has 8 heteroatoms. The number of rotatable bonds is 4. The van der Waals surface area contributed by atoms with E-state index >= 15 is 0 Å². The maximum atomic E-state index is 12.6. The largest absolute Gasteiger partial charge is 0.466 e. The van der Waals surface area contributed by atoms with Gasteiger partial charge in [0.1, 0.15) is 0 Å². The Labute approximate surface area is 152 Å². The van der Waals surface area contributed by atoms with Crippen LogP contribution in [0.2, 0.25) is 0 Å². The number of urea groups is 1. The van der Waals surface area contributed by atoms with Crippen LogP contribution in [0.15, 0.2) is 26.5 Å². The van der Waals surface area contributed by atoms with Crippen LogP contribution in [0.5, 0.6) is 0 Å². The van der Waals surface area contributed by atoms with Crippen LogP contribution in [0.1, 0.15) is 31.4 Å². The molecular weight excluding hydrogens is 396 g/mol. The Balaban J connectivity index is 1.95. The molecule has 6 nitrogen and oxygen atoms in total. The van der Waals surface area contributed by atoms with Gasteiger partial charge in [-0.15, -0.1) is 11.3 Å². The minimum Gasteiger partial charge on any atom is -0.466 e. The molecule has 1 N–H and O–H groups in total. The summed E-state index contributed by atoms with van der Waals surface area (Å²) in [6, 6.07) is 1.18. The van der Waals surface area contributed by atoms with Crippen LogP contribution >= 0.6 is 27.3 Å². The van der Waals surface area contributed by atoms with Crippen molar-refractivity contribution in [3.05, 3.63) is 32.1 Å². The van der Waals surface area contributed by atoms with Gasteiger partial charge in [0, 0.05) is 12.3 Å². The van der Waals surface area contributed by atoms with Gasteiger partial charge in [-0.3, -0.25) is 4.90 Å². The zero-order chi connectivity index (χ0) is 17.3. The molecule has 2 aliphatic heterocycles. The van der Waals surface area contributed by atoms with E-state index in [2.05, 4.69) is 21.2 Å². The summed E-state index contributed by atoms with van der Waals surface area (Å²) in [7, 11) is 1.35. The summed E-state index contributed by atoms with van der Waals surface area (Å²) in [6.07, 6.45) is 1.93. The molecule has 24 heavy (non-hydrogen) atoms. The molecule has 0 spiro atoms. The number of nitrogens with one attached hydrogen (secondary N) is 1. The predicted octanol–water partition coefficient (Wildman–Crippen LogP) is 3.20. The number of nitrogens with zero attached hydrogens (tertiary/aromatic N) is 1. The maximum Gasteiger partial charge on any atom is 0.337 e. The summed E-state index contributed by atoms with van der Waals surface area (Å²) in [4.78, 5) is 26.5. The molecule has 0 aromatic carbocycles. The Morgan fingerprint density at radius 1 is 1.58 bits per heavy atom. The van der Waals surface area contributed by atoms with Crippen LogP contribution in [0.25, 0.3) is 0 Å². The summed E-state index contributed by atoms with van der Waals surface area (Å²) in [5.74, 6) is -0.433. The lowest BCUT2D eigenvalue weighted by Gasteiger charge is -2.35. The van der Waals surface area contributed by atoms with Gasteiger partial charge in [-0.1, -0.05) is 0 Å². The number of hydrogen-bond donors (Lipinski definition) is 1. The topological polar surface area (TPSA) is 67.9 Å². The second kappa shape index (κ2) is 7.25. The first-order valence-corrected chi connectivity index (χ1v) is 9.41. The molecular formula is C16H19BrN2O4S. The van der Waals surface area contributed by atoms with E-state index in [9.17, 15) is 9.59 Å². The number of carbonyl (C=O) groups is 2. The van der Waals surface area contributed by atoms with Crippen LogP contribution < -0.4 is 5.32 Å². The number of hydrogen-bond acceptors (Lipinski definition) is 5. The fourth-order valence-electron chi connectivity index (χ4n) is 3.09. The van der Waals surface area contributed by atoms with Crippen molar-refractivity contribution in [3.8, 4) is 0 Å². The third kappa shape index (κ3) is 3.36. The molecule has 1 saturated heterocycles. The van der Waals surface area contributed by atoms with Gasteiger partial charge in [0.2, 0.25) is 0 Å². The standard InChI is InChI=1S/C16H19BrN2O4S/c1-9-13(15(20)22-2)14(10-6-12(17)24-8-10)18-16(21)19(9)7-11-4-3-5-23-11/h6,8,11,14H,3-5,7H2,1-2H3,(H,18,21)/t11-,14-/m0/s1. The average Bonchev–Trinajstić information content (AvgIpc) is 3.21. The maximum absolute atomic E-state index is 12.6. The number of halogens is 1. The Morgan fingerprint density at radius 2 is 2.38 bits per heavy atom. The molecule has 2 atom stereocenters. The summed E-state index contributed by atoms with van der Waals surface area (Å²) < 4.78 is 11.5. The van der Waals surface area contributed by atoms with Gasteiger partial charge in [-0.05, 0) is 52.7 Å². The number of allylic oxidation sites excluding steroid dienone is 1. The average molecular weight is 415 g/mol. The zero-order valence-electron chi connectivity index (χ0n) is 13.5. The van der Waals surface area contributed by atoms with Gasteiger partial charge < -0.3 is 14.8 Å². The molecule has 0 saturated carbocycles. The second-order valence-electron chi connectivity index (χ2n) is 5.80. The molecule has 0 bridgehead atoms. The van der Waals surface area contributed by atoms with Crippen molar-refractivity contribution in [1.29, 1.82) is 0 Å². The fraction of sp³-hybridized carbons (Fsp3) is 0.500. The van der Waals surface area contributed by atoms with Crippen LogP contribution in [-0.4, -0.2) is 43.3 Å². The molecule has 0 unspecified atom stereocenters. The van der Waals surface area contributed by atoms with Gasteiger partial charge in [0.15, 0.2) is 0 Å². The Kier molecular flexibility index (Phi) is 5.27. The van der Waals surface area contributed by atoms with E-state index in [1.54, 1.807) is 11.8 Å². The van der Waals surface area contributed by atoms with Crippen molar-refractivity contribution in [2.75, 3.05) is 20.3 Å². The predicted molar refractivity (Wildman–Crippen MR) is 93.7 cm³/mol. The molecule has 2 aliphatic rings. The Bertz CT molecular complexity index is 681. The van der Waals surface area contributed by atoms with E-state index in [4.69, 9.17) is 9.47 Å². The van der Waals surface area contributed by atoms with Crippen LogP contribution in [-0.2, 0) is 14.3 Å². The van der Waals surface area contributed by atoms with Crippen LogP contribution in [0.3, 0.4) is 0 Å². The highest BCUT2D eigenvalue weighted by Gasteiger charge is 2.37. The van der Waals surface area contributed by atoms with E-state index in [1.165, 1.54) is 18.4 Å². The molecule has 1 fully saturated rings. The quantitative estimate of drug-likeness (QED) is 0.767. The summed E-state index contributed by atoms with van der Waals surface area (Å²) in [5.41, 5.74) is 1.94. The number of ether oxygens (including phenoxy) is 2. The number of methoxy groups -OCH3 is 1. The lowest BCUT2D eigenvalue weighted by molar-refractivity contribution is -0.136. The SMILES string of the molecule is COC(=O)C1=C(C)N(C[C@@H]2CCCO2)C(=O)N[C@H]1c1csc(Br)c1. The van der Waals surface area contributed by atoms with E-state index in [0.717, 1.165) is 28.8 Å². The first-order valence-electron chi connectivity index (χ1n) is 7.74. The van der Waals surface area contributed by atoms with Gasteiger partial charge in [-0.25, -0.2) is 9.59 Å². The Morgan fingerprint density at radius 3 is 2.96 bits per heavy atom. The number of amides is 2. The van der Waals surface area contributed by atoms with Crippen molar-refractivity contribution in [2.45, 2.75) is 31.9 Å². The molecule has 3 rings (SSSR count). The molecule has 130 valence electrons. The van der Waals surface area contributed by atoms with Crippen LogP contribution in [0, 0.1) is 0 Å². The van der Waals surface area contributed by atoms with Crippen molar-refractivity contribution < 1.29 is 19.1 Å². The van der Waals surface area contributed by atoms with Crippen molar-refractivity contribution in [3.63, 3.8) is 0 Å². The highest BCUT2D eigenvalue weighted by Crippen LogP contribution is 2.35. The summed E-state index contributed by atoms with van der Waals surface area (Å²) >= 11 is 4.93. The number of thiophene rings is 1. The lowest BCUT2D eigenvalue weighted by atomic mass is 9.97. The smallest absolute Gasteiger partial charge is 0.337 e. The second-order valence-corrected chi connectivity index (χ2v) is 8.09. The molecule has 0 aliphatic carbocycles. The molecule has 2 amide bonds. The summed E-state index contributed by atoms with van der Waals surface area (Å²) in [6.45, 7) is 2.95. The van der Waals surface area contributed by atoms with E-state index < -0.39 is 12.0 Å². The molecule has 1 aromatic heterocycles. The first-order chi connectivity index (χ1) is 11.5. The summed E-state index contributed by atoms with van der Waals surface area (Å²) in [5, 5.41) is 4.84. The van der Waals surface area contributed by atoms with E-state index in [0.29, 0.717) is 17.8 Å². The third-order valence-electron chi connectivity index (χ3n) is 4.33. The molecule has 0 radical (unpaired) electrons. The third-order valence-corrected chi connectivity index (χ3v) is 5.86. The van der Waals surface area contributed by atoms with Crippen molar-refractivity contribution in [2.24, 2.45) is 0 Å². The minimum atomic E-state index is -0.506. The van der Waals surface area contributed by atoms with Crippen molar-refractivity contribution >= 4 is 39.3 Å². The molecule has 3 heterocycles. The fourth-order valence-corrected chi connectivity index (χ4v) is 4.29. The van der Waals surface area contributed by atoms with Gasteiger partial charge in [0.05, 0.1) is 35.2 Å². The molecule has 1 aromatic rings. The Hall–Kier alpha value is -1.38. The van der Waals surface area contributed by atoms with Gasteiger partial charge in [-0.2, -0.15) is 0 Å². The van der Waals surface area contributed by atoms with Crippen molar-refractivity contribution in [1.82, 2.24) is 10.2 Å². The zero-order valence-corrected chi connectivity index (χ0v) is 15.9. The monoisotopic (exact) mass is 414 g/mol. The number of carbonyl (C=O) groups excluding carboxylic acids is 2. The normalized spacial score (nSPS) is 24.3. The highest BCUT2D eigenvalue weighted by molar-refractivity contribution is 9.11. The van der Waals surface area contributed by atoms with E-state index in [-0.39, 0.29) is 12.1 Å².